The first-order valence-electron chi connectivity index (χ1n) is 5.91. The molecule has 0 fully saturated rings. The molecule has 1 N–H and O–H groups in total. The molecule has 3 nitrogen and oxygen atoms in total. The predicted molar refractivity (Wildman–Crippen MR) is 85.4 cm³/mol. The van der Waals surface area contributed by atoms with Gasteiger partial charge >= 0.3 is 0 Å². The Balaban J connectivity index is 2.01. The first-order chi connectivity index (χ1) is 9.56. The Morgan fingerprint density at radius 2 is 1.95 bits per heavy atom. The highest BCUT2D eigenvalue weighted by Crippen LogP contribution is 2.16. The molecule has 0 aliphatic rings. The molecule has 102 valence electrons. The quantitative estimate of drug-likeness (QED) is 0.654. The molecule has 0 saturated carbocycles. The van der Waals surface area contributed by atoms with Crippen LogP contribution in [0, 0.1) is 6.92 Å². The molecule has 0 heterocycles. The van der Waals surface area contributed by atoms with Crippen LogP contribution in [0.4, 0.5) is 0 Å². The Kier molecular flexibility index (Phi) is 4.93. The largest absolute Gasteiger partial charge is 0.271 e. The number of halogens is 2. The number of nitrogens with one attached hydrogen (secondary N) is 1. The fourth-order valence-corrected chi connectivity index (χ4v) is 1.96. The van der Waals surface area contributed by atoms with Gasteiger partial charge in [-0.2, -0.15) is 5.10 Å². The molecule has 0 atom stereocenters. The van der Waals surface area contributed by atoms with Gasteiger partial charge in [0.2, 0.25) is 0 Å². The van der Waals surface area contributed by atoms with Crippen molar-refractivity contribution in [1.82, 2.24) is 5.43 Å². The van der Waals surface area contributed by atoms with Crippen LogP contribution in [0.15, 0.2) is 52.0 Å². The van der Waals surface area contributed by atoms with Crippen LogP contribution in [0.1, 0.15) is 21.5 Å². The number of hydrogen-bond acceptors (Lipinski definition) is 2. The summed E-state index contributed by atoms with van der Waals surface area (Å²) in [4.78, 5) is 11.9. The van der Waals surface area contributed by atoms with Crippen molar-refractivity contribution in [2.75, 3.05) is 0 Å². The lowest BCUT2D eigenvalue weighted by Gasteiger charge is -2.02. The summed E-state index contributed by atoms with van der Waals surface area (Å²) in [7, 11) is 0. The normalized spacial score (nSPS) is 10.8. The number of carbonyl (C=O) groups is 1. The molecule has 0 bridgehead atoms. The molecule has 1 amide bonds. The van der Waals surface area contributed by atoms with Crippen LogP contribution >= 0.6 is 27.5 Å². The molecule has 0 aromatic heterocycles. The lowest BCUT2D eigenvalue weighted by molar-refractivity contribution is 0.0955. The maximum atomic E-state index is 11.9. The molecular formula is C15H12BrClN2O. The van der Waals surface area contributed by atoms with Gasteiger partial charge in [0.15, 0.2) is 0 Å². The summed E-state index contributed by atoms with van der Waals surface area (Å²) in [6, 6.07) is 12.7. The predicted octanol–water partition coefficient (Wildman–Crippen LogP) is 4.17. The van der Waals surface area contributed by atoms with Crippen LogP contribution in [0.5, 0.6) is 0 Å². The molecule has 2 rings (SSSR count). The number of aryl methyl sites for hydroxylation is 1. The van der Waals surface area contributed by atoms with Crippen molar-refractivity contribution >= 4 is 39.7 Å². The fourth-order valence-electron chi connectivity index (χ4n) is 1.51. The molecule has 0 radical (unpaired) electrons. The van der Waals surface area contributed by atoms with E-state index in [0.717, 1.165) is 15.6 Å². The zero-order valence-electron chi connectivity index (χ0n) is 10.7. The molecule has 2 aromatic rings. The van der Waals surface area contributed by atoms with Gasteiger partial charge in [-0.05, 0) is 42.3 Å². The van der Waals surface area contributed by atoms with Gasteiger partial charge in [-0.25, -0.2) is 5.43 Å². The van der Waals surface area contributed by atoms with Crippen LogP contribution in [-0.4, -0.2) is 12.1 Å². The van der Waals surface area contributed by atoms with E-state index in [9.17, 15) is 4.79 Å². The van der Waals surface area contributed by atoms with E-state index in [-0.39, 0.29) is 5.91 Å². The molecule has 2 aromatic carbocycles. The second kappa shape index (κ2) is 6.68. The topological polar surface area (TPSA) is 41.5 Å². The zero-order chi connectivity index (χ0) is 14.5. The lowest BCUT2D eigenvalue weighted by Crippen LogP contribution is -2.17. The summed E-state index contributed by atoms with van der Waals surface area (Å²) in [5, 5.41) is 4.48. The third-order valence-electron chi connectivity index (χ3n) is 2.68. The van der Waals surface area contributed by atoms with Gasteiger partial charge in [-0.15, -0.1) is 0 Å². The number of hydrogen-bond donors (Lipinski definition) is 1. The SMILES string of the molecule is Cc1ccc(C(=O)N/N=C/c2ccc(Br)cc2)cc1Cl. The third-order valence-corrected chi connectivity index (χ3v) is 3.62. The van der Waals surface area contributed by atoms with E-state index in [4.69, 9.17) is 11.6 Å². The number of rotatable bonds is 3. The van der Waals surface area contributed by atoms with Gasteiger partial charge in [-0.1, -0.05) is 45.7 Å². The van der Waals surface area contributed by atoms with E-state index in [1.807, 2.05) is 31.2 Å². The van der Waals surface area contributed by atoms with Crippen molar-refractivity contribution in [2.45, 2.75) is 6.92 Å². The Bertz CT molecular complexity index is 653. The van der Waals surface area contributed by atoms with Crippen molar-refractivity contribution in [2.24, 2.45) is 5.10 Å². The van der Waals surface area contributed by atoms with Crippen molar-refractivity contribution in [1.29, 1.82) is 0 Å². The van der Waals surface area contributed by atoms with Gasteiger partial charge in [0.25, 0.3) is 5.91 Å². The van der Waals surface area contributed by atoms with Gasteiger partial charge in [-0.3, -0.25) is 4.79 Å². The van der Waals surface area contributed by atoms with Crippen molar-refractivity contribution < 1.29 is 4.79 Å². The maximum absolute atomic E-state index is 11.9. The van der Waals surface area contributed by atoms with E-state index in [1.54, 1.807) is 24.4 Å². The Morgan fingerprint density at radius 1 is 1.25 bits per heavy atom. The van der Waals surface area contributed by atoms with E-state index >= 15 is 0 Å². The Morgan fingerprint density at radius 3 is 2.60 bits per heavy atom. The fraction of sp³-hybridized carbons (Fsp3) is 0.0667. The molecule has 0 aliphatic carbocycles. The first kappa shape index (κ1) is 14.8. The number of nitrogens with zero attached hydrogens (tertiary/aromatic N) is 1. The van der Waals surface area contributed by atoms with Gasteiger partial charge in [0.1, 0.15) is 0 Å². The second-order valence-electron chi connectivity index (χ2n) is 4.21. The Labute approximate surface area is 130 Å². The van der Waals surface area contributed by atoms with Gasteiger partial charge in [0, 0.05) is 15.1 Å². The first-order valence-corrected chi connectivity index (χ1v) is 7.08. The van der Waals surface area contributed by atoms with Crippen LogP contribution in [-0.2, 0) is 0 Å². The van der Waals surface area contributed by atoms with Crippen molar-refractivity contribution in [3.05, 3.63) is 68.7 Å². The van der Waals surface area contributed by atoms with Crippen LogP contribution in [0.2, 0.25) is 5.02 Å². The van der Waals surface area contributed by atoms with Crippen LogP contribution in [0.3, 0.4) is 0 Å². The van der Waals surface area contributed by atoms with E-state index < -0.39 is 0 Å². The van der Waals surface area contributed by atoms with Crippen molar-refractivity contribution in [3.8, 4) is 0 Å². The average molecular weight is 352 g/mol. The van der Waals surface area contributed by atoms with Gasteiger partial charge < -0.3 is 0 Å². The second-order valence-corrected chi connectivity index (χ2v) is 5.54. The van der Waals surface area contributed by atoms with E-state index in [2.05, 4.69) is 26.5 Å². The molecule has 0 unspecified atom stereocenters. The molecule has 0 saturated heterocycles. The summed E-state index contributed by atoms with van der Waals surface area (Å²) in [6.45, 7) is 1.88. The van der Waals surface area contributed by atoms with E-state index in [0.29, 0.717) is 10.6 Å². The molecule has 0 aliphatic heterocycles. The minimum absolute atomic E-state index is 0.291. The molecular weight excluding hydrogens is 340 g/mol. The summed E-state index contributed by atoms with van der Waals surface area (Å²) in [5.41, 5.74) is 4.78. The third kappa shape index (κ3) is 3.92. The standard InChI is InChI=1S/C15H12BrClN2O/c1-10-2-5-12(8-14(10)17)15(20)19-18-9-11-3-6-13(16)7-4-11/h2-9H,1H3,(H,19,20)/b18-9+. The Hall–Kier alpha value is -1.65. The molecule has 20 heavy (non-hydrogen) atoms. The van der Waals surface area contributed by atoms with Gasteiger partial charge in [0.05, 0.1) is 6.21 Å². The summed E-state index contributed by atoms with van der Waals surface area (Å²) >= 11 is 9.33. The van der Waals surface area contributed by atoms with Crippen LogP contribution in [0.25, 0.3) is 0 Å². The average Bonchev–Trinajstić information content (AvgIpc) is 2.44. The zero-order valence-corrected chi connectivity index (χ0v) is 13.1. The molecule has 0 spiro atoms. The summed E-state index contributed by atoms with van der Waals surface area (Å²) in [5.74, 6) is -0.291. The monoisotopic (exact) mass is 350 g/mol. The minimum atomic E-state index is -0.291. The number of amides is 1. The number of hydrazone groups is 1. The van der Waals surface area contributed by atoms with Crippen LogP contribution < -0.4 is 5.43 Å². The number of carbonyl (C=O) groups excluding carboxylic acids is 1. The highest BCUT2D eigenvalue weighted by molar-refractivity contribution is 9.10. The maximum Gasteiger partial charge on any atom is 0.271 e. The highest BCUT2D eigenvalue weighted by Gasteiger charge is 2.05. The van der Waals surface area contributed by atoms with E-state index in [1.165, 1.54) is 0 Å². The lowest BCUT2D eigenvalue weighted by atomic mass is 10.1. The summed E-state index contributed by atoms with van der Waals surface area (Å²) in [6.07, 6.45) is 1.58. The smallest absolute Gasteiger partial charge is 0.267 e. The molecule has 5 heteroatoms. The minimum Gasteiger partial charge on any atom is -0.267 e. The van der Waals surface area contributed by atoms with Crippen molar-refractivity contribution in [3.63, 3.8) is 0 Å². The summed E-state index contributed by atoms with van der Waals surface area (Å²) < 4.78 is 0.994. The highest BCUT2D eigenvalue weighted by atomic mass is 79.9. The number of benzene rings is 2.